The van der Waals surface area contributed by atoms with Crippen molar-refractivity contribution in [3.63, 3.8) is 0 Å². The molecule has 2 N–H and O–H groups in total. The number of nitrogens with two attached hydrogens (primary N) is 1. The van der Waals surface area contributed by atoms with E-state index in [4.69, 9.17) is 15.2 Å². The Morgan fingerprint density at radius 1 is 1.30 bits per heavy atom. The third-order valence-corrected chi connectivity index (χ3v) is 4.55. The Morgan fingerprint density at radius 3 is 2.70 bits per heavy atom. The summed E-state index contributed by atoms with van der Waals surface area (Å²) < 4.78 is 27.2. The predicted octanol–water partition coefficient (Wildman–Crippen LogP) is 2.94. The van der Waals surface area contributed by atoms with Gasteiger partial charge in [-0.15, -0.1) is 0 Å². The Bertz CT molecular complexity index is 998. The van der Waals surface area contributed by atoms with Crippen molar-refractivity contribution in [1.82, 2.24) is 9.55 Å². The summed E-state index contributed by atoms with van der Waals surface area (Å²) in [6, 6.07) is 14.2. The van der Waals surface area contributed by atoms with Crippen molar-refractivity contribution in [2.45, 2.75) is 19.6 Å². The summed E-state index contributed by atoms with van der Waals surface area (Å²) >= 11 is 0. The van der Waals surface area contributed by atoms with E-state index in [9.17, 15) is 9.18 Å². The van der Waals surface area contributed by atoms with Gasteiger partial charge in [0.25, 0.3) is 11.9 Å². The number of nitrogens with zero attached hydrogens (tertiary/aromatic N) is 2. The molecule has 0 saturated heterocycles. The van der Waals surface area contributed by atoms with Gasteiger partial charge in [-0.2, -0.15) is 4.98 Å². The average molecular weight is 367 g/mol. The summed E-state index contributed by atoms with van der Waals surface area (Å²) in [4.78, 5) is 15.4. The molecule has 0 saturated carbocycles. The van der Waals surface area contributed by atoms with Crippen molar-refractivity contribution in [2.24, 2.45) is 5.73 Å². The number of amides is 1. The van der Waals surface area contributed by atoms with E-state index in [1.807, 2.05) is 16.7 Å². The minimum atomic E-state index is -0.569. The van der Waals surface area contributed by atoms with Gasteiger partial charge in [-0.25, -0.2) is 4.39 Å². The fourth-order valence-corrected chi connectivity index (χ4v) is 3.14. The minimum absolute atomic E-state index is 0.209. The number of halogens is 1. The van der Waals surface area contributed by atoms with Gasteiger partial charge in [-0.3, -0.25) is 9.36 Å². The van der Waals surface area contributed by atoms with Gasteiger partial charge < -0.3 is 15.2 Å². The molecule has 3 aromatic rings. The smallest absolute Gasteiger partial charge is 0.297 e. The maximum Gasteiger partial charge on any atom is 0.297 e. The lowest BCUT2D eigenvalue weighted by Crippen LogP contribution is -2.24. The van der Waals surface area contributed by atoms with Crippen LogP contribution in [-0.2, 0) is 6.54 Å². The number of rotatable bonds is 5. The number of hydrogen-bond donors (Lipinski definition) is 1. The summed E-state index contributed by atoms with van der Waals surface area (Å²) in [5, 5.41) is 0. The molecule has 138 valence electrons. The monoisotopic (exact) mass is 367 g/mol. The molecule has 1 amide bonds. The summed E-state index contributed by atoms with van der Waals surface area (Å²) in [6.45, 7) is 2.65. The summed E-state index contributed by atoms with van der Waals surface area (Å²) in [7, 11) is 0. The summed E-state index contributed by atoms with van der Waals surface area (Å²) in [5.41, 5.74) is 7.54. The van der Waals surface area contributed by atoms with Crippen molar-refractivity contribution in [3.8, 4) is 22.9 Å². The van der Waals surface area contributed by atoms with Crippen LogP contribution in [0.3, 0.4) is 0 Å². The first-order valence-electron chi connectivity index (χ1n) is 8.54. The SMILES string of the molecule is Cc1c(C(N)=O)nc2n1C[C@@H](COc1ccc(-c3ccccc3F)cc1)O2. The zero-order valence-electron chi connectivity index (χ0n) is 14.7. The van der Waals surface area contributed by atoms with Crippen LogP contribution >= 0.6 is 0 Å². The van der Waals surface area contributed by atoms with E-state index in [1.165, 1.54) is 6.07 Å². The molecule has 1 aliphatic rings. The molecule has 0 fully saturated rings. The fraction of sp³-hybridized carbons (Fsp3) is 0.200. The second-order valence-corrected chi connectivity index (χ2v) is 6.36. The number of carbonyl (C=O) groups is 1. The van der Waals surface area contributed by atoms with E-state index in [1.54, 1.807) is 37.3 Å². The Kier molecular flexibility index (Phi) is 4.27. The van der Waals surface area contributed by atoms with Gasteiger partial charge in [0.1, 0.15) is 18.2 Å². The number of ether oxygens (including phenoxy) is 2. The Balaban J connectivity index is 1.38. The molecule has 0 bridgehead atoms. The standard InChI is InChI=1S/C20H18FN3O3/c1-12-18(19(22)25)23-20-24(12)10-15(27-20)11-26-14-8-6-13(7-9-14)16-4-2-3-5-17(16)21/h2-9,15H,10-11H2,1H3,(H2,22,25)/t15-/m0/s1. The molecular weight excluding hydrogens is 349 g/mol. The second-order valence-electron chi connectivity index (χ2n) is 6.36. The van der Waals surface area contributed by atoms with Gasteiger partial charge in [0, 0.05) is 5.56 Å². The number of carbonyl (C=O) groups excluding carboxylic acids is 1. The lowest BCUT2D eigenvalue weighted by molar-refractivity contribution is 0.0992. The van der Waals surface area contributed by atoms with Crippen molar-refractivity contribution in [1.29, 1.82) is 0 Å². The molecule has 0 spiro atoms. The lowest BCUT2D eigenvalue weighted by Gasteiger charge is -2.12. The highest BCUT2D eigenvalue weighted by Gasteiger charge is 2.29. The Labute approximate surface area is 155 Å². The second kappa shape index (κ2) is 6.75. The normalized spacial score (nSPS) is 15.3. The number of primary amides is 1. The topological polar surface area (TPSA) is 79.4 Å². The molecule has 0 unspecified atom stereocenters. The number of aromatic nitrogens is 2. The van der Waals surface area contributed by atoms with Gasteiger partial charge >= 0.3 is 0 Å². The van der Waals surface area contributed by atoms with Crippen LogP contribution in [0.4, 0.5) is 4.39 Å². The minimum Gasteiger partial charge on any atom is -0.490 e. The number of fused-ring (bicyclic) bond motifs is 1. The molecular formula is C20H18FN3O3. The summed E-state index contributed by atoms with van der Waals surface area (Å²) in [6.07, 6.45) is -0.209. The van der Waals surface area contributed by atoms with Crippen LogP contribution in [0.15, 0.2) is 48.5 Å². The van der Waals surface area contributed by atoms with E-state index >= 15 is 0 Å². The predicted molar refractivity (Wildman–Crippen MR) is 97.2 cm³/mol. The quantitative estimate of drug-likeness (QED) is 0.752. The molecule has 7 heteroatoms. The van der Waals surface area contributed by atoms with Crippen LogP contribution in [0.1, 0.15) is 16.2 Å². The summed E-state index contributed by atoms with van der Waals surface area (Å²) in [5.74, 6) is -0.163. The third kappa shape index (κ3) is 3.23. The van der Waals surface area contributed by atoms with E-state index in [0.29, 0.717) is 36.2 Å². The molecule has 0 aliphatic carbocycles. The zero-order chi connectivity index (χ0) is 19.0. The van der Waals surface area contributed by atoms with Crippen LogP contribution in [0.25, 0.3) is 11.1 Å². The lowest BCUT2D eigenvalue weighted by atomic mass is 10.1. The molecule has 4 rings (SSSR count). The van der Waals surface area contributed by atoms with Crippen molar-refractivity contribution >= 4 is 5.91 Å². The maximum atomic E-state index is 13.9. The Hall–Kier alpha value is -3.35. The molecule has 1 aliphatic heterocycles. The number of imidazole rings is 1. The maximum absolute atomic E-state index is 13.9. The fourth-order valence-electron chi connectivity index (χ4n) is 3.14. The molecule has 2 heterocycles. The zero-order valence-corrected chi connectivity index (χ0v) is 14.7. The first-order chi connectivity index (χ1) is 13.0. The highest BCUT2D eigenvalue weighted by molar-refractivity contribution is 5.92. The van der Waals surface area contributed by atoms with Gasteiger partial charge in [0.05, 0.1) is 12.2 Å². The van der Waals surface area contributed by atoms with Crippen LogP contribution in [-0.4, -0.2) is 28.2 Å². The molecule has 1 atom stereocenters. The average Bonchev–Trinajstić information content (AvgIpc) is 3.20. The molecule has 27 heavy (non-hydrogen) atoms. The molecule has 0 radical (unpaired) electrons. The van der Waals surface area contributed by atoms with Crippen LogP contribution < -0.4 is 15.2 Å². The third-order valence-electron chi connectivity index (χ3n) is 4.55. The van der Waals surface area contributed by atoms with E-state index in [-0.39, 0.29) is 17.6 Å². The molecule has 1 aromatic heterocycles. The van der Waals surface area contributed by atoms with E-state index in [0.717, 1.165) is 5.56 Å². The number of benzene rings is 2. The van der Waals surface area contributed by atoms with Gasteiger partial charge in [0.2, 0.25) is 0 Å². The number of hydrogen-bond acceptors (Lipinski definition) is 4. The largest absolute Gasteiger partial charge is 0.490 e. The van der Waals surface area contributed by atoms with Crippen molar-refractivity contribution in [3.05, 3.63) is 65.7 Å². The van der Waals surface area contributed by atoms with Gasteiger partial charge in [0.15, 0.2) is 11.8 Å². The molecule has 2 aromatic carbocycles. The molecule has 6 nitrogen and oxygen atoms in total. The van der Waals surface area contributed by atoms with Crippen LogP contribution in [0.2, 0.25) is 0 Å². The van der Waals surface area contributed by atoms with Gasteiger partial charge in [-0.05, 0) is 30.7 Å². The van der Waals surface area contributed by atoms with Crippen LogP contribution in [0.5, 0.6) is 11.8 Å². The first-order valence-corrected chi connectivity index (χ1v) is 8.54. The van der Waals surface area contributed by atoms with Crippen molar-refractivity contribution < 1.29 is 18.7 Å². The van der Waals surface area contributed by atoms with Crippen molar-refractivity contribution in [2.75, 3.05) is 6.61 Å². The Morgan fingerprint density at radius 2 is 2.04 bits per heavy atom. The highest BCUT2D eigenvalue weighted by atomic mass is 19.1. The van der Waals surface area contributed by atoms with Gasteiger partial charge in [-0.1, -0.05) is 30.3 Å². The van der Waals surface area contributed by atoms with Crippen LogP contribution in [0, 0.1) is 12.7 Å². The van der Waals surface area contributed by atoms with E-state index in [2.05, 4.69) is 4.98 Å². The van der Waals surface area contributed by atoms with E-state index < -0.39 is 5.91 Å². The first kappa shape index (κ1) is 17.1. The highest BCUT2D eigenvalue weighted by Crippen LogP contribution is 2.27.